The zero-order chi connectivity index (χ0) is 10.0. The topological polar surface area (TPSA) is 36.2 Å². The van der Waals surface area contributed by atoms with E-state index in [0.717, 1.165) is 9.20 Å². The number of rotatable bonds is 2. The fourth-order valence-corrected chi connectivity index (χ4v) is 1.62. The zero-order valence-corrected chi connectivity index (χ0v) is 9.46. The Hall–Kier alpha value is -0.770. The summed E-state index contributed by atoms with van der Waals surface area (Å²) in [6.45, 7) is 3.92. The van der Waals surface area contributed by atoms with Gasteiger partial charge in [0.25, 0.3) is 0 Å². The first kappa shape index (κ1) is 10.3. The van der Waals surface area contributed by atoms with Crippen molar-refractivity contribution in [1.29, 1.82) is 0 Å². The molecule has 72 valence electrons. The summed E-state index contributed by atoms with van der Waals surface area (Å²) in [5.74, 6) is 0.778. The first-order chi connectivity index (χ1) is 6.06. The molecule has 0 bridgehead atoms. The number of hydrogen-bond donors (Lipinski definition) is 0. The standard InChI is InChI=1S/C9H12BrNO2/c1-6(2)9-8(13-3)4-7(10)5-11(9)12/h4-6H,1-3H3. The number of aromatic nitrogens is 1. The molecule has 0 saturated carbocycles. The Morgan fingerprint density at radius 1 is 1.54 bits per heavy atom. The Morgan fingerprint density at radius 2 is 2.15 bits per heavy atom. The molecule has 0 aliphatic carbocycles. The molecule has 0 unspecified atom stereocenters. The van der Waals surface area contributed by atoms with Crippen LogP contribution in [0.3, 0.4) is 0 Å². The summed E-state index contributed by atoms with van der Waals surface area (Å²) in [5, 5.41) is 11.5. The van der Waals surface area contributed by atoms with Crippen LogP contribution in [0, 0.1) is 5.21 Å². The molecule has 0 amide bonds. The second kappa shape index (κ2) is 3.96. The van der Waals surface area contributed by atoms with Gasteiger partial charge in [-0.2, -0.15) is 4.73 Å². The summed E-state index contributed by atoms with van der Waals surface area (Å²) in [4.78, 5) is 0. The number of ether oxygens (including phenoxy) is 1. The average Bonchev–Trinajstić information content (AvgIpc) is 2.01. The molecule has 0 aliphatic rings. The molecular weight excluding hydrogens is 234 g/mol. The van der Waals surface area contributed by atoms with Gasteiger partial charge in [0.05, 0.1) is 11.6 Å². The van der Waals surface area contributed by atoms with Crippen LogP contribution in [0.15, 0.2) is 16.7 Å². The highest BCUT2D eigenvalue weighted by molar-refractivity contribution is 9.10. The van der Waals surface area contributed by atoms with Gasteiger partial charge in [0.1, 0.15) is 0 Å². The van der Waals surface area contributed by atoms with Crippen molar-refractivity contribution in [2.24, 2.45) is 0 Å². The number of nitrogens with zero attached hydrogens (tertiary/aromatic N) is 1. The highest BCUT2D eigenvalue weighted by Gasteiger charge is 2.18. The van der Waals surface area contributed by atoms with Crippen LogP contribution in [0.25, 0.3) is 0 Å². The summed E-state index contributed by atoms with van der Waals surface area (Å²) >= 11 is 3.24. The van der Waals surface area contributed by atoms with Crippen LogP contribution >= 0.6 is 15.9 Å². The number of hydrogen-bond acceptors (Lipinski definition) is 2. The van der Waals surface area contributed by atoms with Crippen molar-refractivity contribution >= 4 is 15.9 Å². The van der Waals surface area contributed by atoms with Gasteiger partial charge in [0.15, 0.2) is 11.9 Å². The van der Waals surface area contributed by atoms with Crippen LogP contribution in [0.2, 0.25) is 0 Å². The van der Waals surface area contributed by atoms with E-state index in [9.17, 15) is 5.21 Å². The molecule has 0 saturated heterocycles. The number of methoxy groups -OCH3 is 1. The second-order valence-corrected chi connectivity index (χ2v) is 4.01. The number of halogens is 1. The van der Waals surface area contributed by atoms with E-state index >= 15 is 0 Å². The first-order valence-electron chi connectivity index (χ1n) is 4.03. The third kappa shape index (κ3) is 2.12. The molecule has 1 aromatic heterocycles. The van der Waals surface area contributed by atoms with Crippen LogP contribution < -0.4 is 9.47 Å². The van der Waals surface area contributed by atoms with E-state index in [0.29, 0.717) is 11.4 Å². The van der Waals surface area contributed by atoms with Gasteiger partial charge < -0.3 is 9.94 Å². The summed E-state index contributed by atoms with van der Waals surface area (Å²) in [6, 6.07) is 1.80. The van der Waals surface area contributed by atoms with Crippen LogP contribution in [0.4, 0.5) is 0 Å². The average molecular weight is 246 g/mol. The van der Waals surface area contributed by atoms with Gasteiger partial charge in [-0.3, -0.25) is 0 Å². The van der Waals surface area contributed by atoms with Crippen LogP contribution in [0.1, 0.15) is 25.5 Å². The van der Waals surface area contributed by atoms with Gasteiger partial charge in [-0.05, 0) is 15.9 Å². The molecule has 1 heterocycles. The fourth-order valence-electron chi connectivity index (χ4n) is 1.23. The molecule has 4 heteroatoms. The lowest BCUT2D eigenvalue weighted by molar-refractivity contribution is -0.616. The van der Waals surface area contributed by atoms with Gasteiger partial charge in [-0.15, -0.1) is 0 Å². The van der Waals surface area contributed by atoms with Crippen molar-refractivity contribution < 1.29 is 9.47 Å². The quantitative estimate of drug-likeness (QED) is 0.592. The minimum Gasteiger partial charge on any atom is -0.618 e. The molecule has 3 nitrogen and oxygen atoms in total. The highest BCUT2D eigenvalue weighted by Crippen LogP contribution is 2.25. The van der Waals surface area contributed by atoms with Crippen molar-refractivity contribution in [2.75, 3.05) is 7.11 Å². The molecule has 0 aromatic carbocycles. The van der Waals surface area contributed by atoms with E-state index in [4.69, 9.17) is 4.74 Å². The van der Waals surface area contributed by atoms with E-state index in [1.54, 1.807) is 13.2 Å². The zero-order valence-electron chi connectivity index (χ0n) is 7.87. The molecule has 0 spiro atoms. The minimum absolute atomic E-state index is 0.153. The lowest BCUT2D eigenvalue weighted by Crippen LogP contribution is -2.32. The maximum Gasteiger partial charge on any atom is 0.237 e. The normalized spacial score (nSPS) is 10.5. The van der Waals surface area contributed by atoms with Gasteiger partial charge in [-0.25, -0.2) is 0 Å². The van der Waals surface area contributed by atoms with Crippen LogP contribution in [0.5, 0.6) is 5.75 Å². The Morgan fingerprint density at radius 3 is 2.62 bits per heavy atom. The second-order valence-electron chi connectivity index (χ2n) is 3.09. The minimum atomic E-state index is 0.153. The first-order valence-corrected chi connectivity index (χ1v) is 4.82. The van der Waals surface area contributed by atoms with Crippen molar-refractivity contribution in [1.82, 2.24) is 0 Å². The molecule has 0 radical (unpaired) electrons. The smallest absolute Gasteiger partial charge is 0.237 e. The Labute approximate surface area is 86.1 Å². The number of pyridine rings is 1. The van der Waals surface area contributed by atoms with E-state index in [-0.39, 0.29) is 5.92 Å². The van der Waals surface area contributed by atoms with Gasteiger partial charge in [-0.1, -0.05) is 13.8 Å². The summed E-state index contributed by atoms with van der Waals surface area (Å²) in [5.41, 5.74) is 0.658. The largest absolute Gasteiger partial charge is 0.618 e. The Bertz CT molecular complexity index is 313. The highest BCUT2D eigenvalue weighted by atomic mass is 79.9. The van der Waals surface area contributed by atoms with Gasteiger partial charge in [0.2, 0.25) is 5.69 Å². The van der Waals surface area contributed by atoms with Gasteiger partial charge >= 0.3 is 0 Å². The third-order valence-corrected chi connectivity index (χ3v) is 2.20. The van der Waals surface area contributed by atoms with Crippen LogP contribution in [-0.4, -0.2) is 7.11 Å². The summed E-state index contributed by atoms with van der Waals surface area (Å²) in [7, 11) is 1.56. The van der Waals surface area contributed by atoms with Gasteiger partial charge in [0, 0.05) is 12.0 Å². The molecule has 0 aliphatic heterocycles. The lowest BCUT2D eigenvalue weighted by atomic mass is 10.1. The van der Waals surface area contributed by atoms with Crippen molar-refractivity contribution in [2.45, 2.75) is 19.8 Å². The molecular formula is C9H12BrNO2. The maximum atomic E-state index is 11.5. The van der Waals surface area contributed by atoms with E-state index in [1.165, 1.54) is 6.20 Å². The Kier molecular flexibility index (Phi) is 3.14. The fraction of sp³-hybridized carbons (Fsp3) is 0.444. The summed E-state index contributed by atoms with van der Waals surface area (Å²) < 4.78 is 6.68. The molecule has 1 rings (SSSR count). The predicted molar refractivity (Wildman–Crippen MR) is 53.7 cm³/mol. The third-order valence-electron chi connectivity index (χ3n) is 1.77. The molecule has 0 N–H and O–H groups in total. The van der Waals surface area contributed by atoms with E-state index in [1.807, 2.05) is 13.8 Å². The van der Waals surface area contributed by atoms with Crippen LogP contribution in [-0.2, 0) is 0 Å². The van der Waals surface area contributed by atoms with E-state index in [2.05, 4.69) is 15.9 Å². The van der Waals surface area contributed by atoms with Crippen molar-refractivity contribution in [3.8, 4) is 5.75 Å². The maximum absolute atomic E-state index is 11.5. The van der Waals surface area contributed by atoms with Crippen molar-refractivity contribution in [3.63, 3.8) is 0 Å². The van der Waals surface area contributed by atoms with Crippen molar-refractivity contribution in [3.05, 3.63) is 27.6 Å². The Balaban J connectivity index is 3.30. The monoisotopic (exact) mass is 245 g/mol. The van der Waals surface area contributed by atoms with E-state index < -0.39 is 0 Å². The molecule has 0 fully saturated rings. The lowest BCUT2D eigenvalue weighted by Gasteiger charge is -2.11. The predicted octanol–water partition coefficient (Wildman–Crippen LogP) is 2.21. The molecule has 0 atom stereocenters. The summed E-state index contributed by atoms with van der Waals surface area (Å²) in [6.07, 6.45) is 1.48. The molecule has 13 heavy (non-hydrogen) atoms. The molecule has 1 aromatic rings. The SMILES string of the molecule is COc1cc(Br)c[n+]([O-])c1C(C)C.